The maximum absolute atomic E-state index is 14.4. The number of cyclic esters (lactones) is 1. The molecule has 350 valence electrons. The van der Waals surface area contributed by atoms with E-state index in [0.29, 0.717) is 42.7 Å². The van der Waals surface area contributed by atoms with Crippen molar-refractivity contribution in [3.05, 3.63) is 102 Å². The molecule has 1 fully saturated rings. The van der Waals surface area contributed by atoms with Crippen molar-refractivity contribution >= 4 is 35.4 Å². The molecule has 5 rings (SSSR count). The summed E-state index contributed by atoms with van der Waals surface area (Å²) in [6, 6.07) is 6.31. The summed E-state index contributed by atoms with van der Waals surface area (Å²) >= 11 is 0. The first-order valence-corrected chi connectivity index (χ1v) is 22.2. The molecule has 0 spiro atoms. The minimum Gasteiger partial charge on any atom is -0.508 e. The third-order valence-electron chi connectivity index (χ3n) is 11.7. The lowest BCUT2D eigenvalue weighted by atomic mass is 9.84. The van der Waals surface area contributed by atoms with E-state index >= 15 is 0 Å². The highest BCUT2D eigenvalue weighted by atomic mass is 16.7. The number of ether oxygens (including phenoxy) is 1. The summed E-state index contributed by atoms with van der Waals surface area (Å²) in [6.45, 7) is 8.59. The molecule has 0 saturated carbocycles. The van der Waals surface area contributed by atoms with Crippen molar-refractivity contribution in [3.8, 4) is 11.5 Å². The molecular formula is C48H62N6O11. The molecule has 1 saturated heterocycles. The lowest BCUT2D eigenvalue weighted by Gasteiger charge is -2.36. The van der Waals surface area contributed by atoms with Crippen molar-refractivity contribution in [3.63, 3.8) is 0 Å². The van der Waals surface area contributed by atoms with E-state index in [0.717, 1.165) is 5.69 Å². The van der Waals surface area contributed by atoms with Crippen LogP contribution in [0.1, 0.15) is 78.0 Å². The zero-order chi connectivity index (χ0) is 47.2. The Hall–Kier alpha value is -6.17. The molecule has 0 aliphatic carbocycles. The predicted octanol–water partition coefficient (Wildman–Crippen LogP) is 3.10. The van der Waals surface area contributed by atoms with Gasteiger partial charge in [0.1, 0.15) is 35.8 Å². The summed E-state index contributed by atoms with van der Waals surface area (Å²) in [6.07, 6.45) is 10.4. The predicted molar refractivity (Wildman–Crippen MR) is 239 cm³/mol. The lowest BCUT2D eigenvalue weighted by Crippen LogP contribution is -2.62. The number of amides is 4. The van der Waals surface area contributed by atoms with Gasteiger partial charge >= 0.3 is 5.97 Å². The Labute approximate surface area is 379 Å². The van der Waals surface area contributed by atoms with Crippen LogP contribution in [0.5, 0.6) is 11.5 Å². The fourth-order valence-electron chi connectivity index (χ4n) is 7.74. The number of aliphatic hydroxyl groups excluding tert-OH is 2. The average molecular weight is 899 g/mol. The number of pyridine rings is 1. The number of hydrogen-bond donors (Lipinski definition) is 6. The molecule has 1 aromatic carbocycles. The van der Waals surface area contributed by atoms with Crippen molar-refractivity contribution in [1.82, 2.24) is 31.1 Å². The molecule has 17 nitrogen and oxygen atoms in total. The Kier molecular flexibility index (Phi) is 18.1. The van der Waals surface area contributed by atoms with Crippen LogP contribution in [-0.4, -0.2) is 115 Å². The van der Waals surface area contributed by atoms with Crippen LogP contribution in [0, 0.1) is 17.8 Å². The second-order valence-corrected chi connectivity index (χ2v) is 17.1. The Morgan fingerprint density at radius 2 is 1.80 bits per heavy atom. The standard InChI is InChI=1S/C48H62N6O11/c1-29(2)43-46(61)50-38(28-33-14-10-15-34(56)27-33)47(62)53-25-12-16-37(52-53)48(63)64-40(30(3)13-9-20-42(58)54-26-23-36-41(65-54)19-11-24-49-36)18-8-6-7-17-39(57)32(5)44(59)35(45(60)51-43)22-21-31(4)55/h6-11,13-15,17,19-20,24,27,29,32,35,37-40,43-44,52,56-57,59H,12,16,18,21-23,25-26,28H2,1-5H3,(H,50,61)(H,51,60)/b8-6+,17-7+,20-9+,30-13+/t32-,35+,37?,38-,39-,40-,43-,44+/m0/s1. The highest BCUT2D eigenvalue weighted by Crippen LogP contribution is 2.25. The topological polar surface area (TPSA) is 237 Å². The molecule has 2 bridgehead atoms. The van der Waals surface area contributed by atoms with Crippen LogP contribution in [-0.2, 0) is 46.3 Å². The number of aromatic nitrogens is 1. The molecule has 8 atom stereocenters. The number of carbonyl (C=O) groups is 6. The van der Waals surface area contributed by atoms with Crippen LogP contribution in [0.3, 0.4) is 0 Å². The molecule has 4 heterocycles. The van der Waals surface area contributed by atoms with Gasteiger partial charge in [0, 0.05) is 50.4 Å². The fourth-order valence-corrected chi connectivity index (χ4v) is 7.74. The van der Waals surface area contributed by atoms with E-state index in [9.17, 15) is 44.1 Å². The maximum Gasteiger partial charge on any atom is 0.325 e. The summed E-state index contributed by atoms with van der Waals surface area (Å²) < 4.78 is 6.08. The van der Waals surface area contributed by atoms with Crippen LogP contribution in [0.25, 0.3) is 0 Å². The number of phenolic OH excluding ortho intramolecular Hbond substituents is 1. The van der Waals surface area contributed by atoms with Crippen LogP contribution < -0.4 is 20.9 Å². The smallest absolute Gasteiger partial charge is 0.325 e. The minimum absolute atomic E-state index is 0.0368. The molecule has 2 aromatic rings. The summed E-state index contributed by atoms with van der Waals surface area (Å²) in [5, 5.41) is 40.9. The number of fused-ring (bicyclic) bond motifs is 3. The van der Waals surface area contributed by atoms with E-state index in [-0.39, 0.29) is 43.8 Å². The van der Waals surface area contributed by atoms with E-state index in [4.69, 9.17) is 9.57 Å². The molecule has 0 radical (unpaired) electrons. The highest BCUT2D eigenvalue weighted by Gasteiger charge is 2.39. The molecule has 1 aromatic heterocycles. The minimum atomic E-state index is -1.43. The third kappa shape index (κ3) is 14.2. The number of nitrogens with zero attached hydrogens (tertiary/aromatic N) is 3. The van der Waals surface area contributed by atoms with Gasteiger partial charge in [0.25, 0.3) is 11.8 Å². The van der Waals surface area contributed by atoms with E-state index < -0.39 is 83.8 Å². The maximum atomic E-state index is 14.4. The van der Waals surface area contributed by atoms with Gasteiger partial charge in [-0.1, -0.05) is 69.4 Å². The van der Waals surface area contributed by atoms with Crippen molar-refractivity contribution < 1.29 is 53.7 Å². The molecule has 17 heteroatoms. The van der Waals surface area contributed by atoms with Crippen molar-refractivity contribution in [2.75, 3.05) is 13.1 Å². The number of hydroxylamine groups is 2. The van der Waals surface area contributed by atoms with E-state index in [1.165, 1.54) is 47.4 Å². The van der Waals surface area contributed by atoms with Gasteiger partial charge in [-0.05, 0) is 74.4 Å². The summed E-state index contributed by atoms with van der Waals surface area (Å²) in [5.74, 6) is -5.37. The molecule has 3 aliphatic rings. The summed E-state index contributed by atoms with van der Waals surface area (Å²) in [5.41, 5.74) is 4.87. The highest BCUT2D eigenvalue weighted by molar-refractivity contribution is 5.93. The number of esters is 1. The number of hydrogen-bond acceptors (Lipinski definition) is 13. The number of aromatic hydroxyl groups is 1. The van der Waals surface area contributed by atoms with Crippen LogP contribution in [0.15, 0.2) is 90.7 Å². The lowest BCUT2D eigenvalue weighted by molar-refractivity contribution is -0.156. The zero-order valence-corrected chi connectivity index (χ0v) is 37.6. The van der Waals surface area contributed by atoms with Gasteiger partial charge in [0.15, 0.2) is 5.75 Å². The van der Waals surface area contributed by atoms with Gasteiger partial charge in [-0.25, -0.2) is 5.43 Å². The van der Waals surface area contributed by atoms with Crippen LogP contribution in [0.4, 0.5) is 0 Å². The fraction of sp³-hybridized carbons (Fsp3) is 0.479. The monoisotopic (exact) mass is 898 g/mol. The Balaban J connectivity index is 1.45. The molecular weight excluding hydrogens is 837 g/mol. The number of nitrogens with one attached hydrogen (secondary N) is 3. The molecule has 6 N–H and O–H groups in total. The first kappa shape index (κ1) is 49.8. The Morgan fingerprint density at radius 3 is 2.54 bits per heavy atom. The van der Waals surface area contributed by atoms with Gasteiger partial charge in [-0.15, -0.1) is 0 Å². The van der Waals surface area contributed by atoms with Crippen LogP contribution in [0.2, 0.25) is 0 Å². The molecule has 4 amide bonds. The summed E-state index contributed by atoms with van der Waals surface area (Å²) in [7, 11) is 0. The number of phenols is 1. The number of carbonyl (C=O) groups excluding carboxylic acids is 6. The zero-order valence-electron chi connectivity index (χ0n) is 37.6. The average Bonchev–Trinajstić information content (AvgIpc) is 3.28. The van der Waals surface area contributed by atoms with Crippen molar-refractivity contribution in [2.24, 2.45) is 17.8 Å². The van der Waals surface area contributed by atoms with Gasteiger partial charge in [0.2, 0.25) is 11.8 Å². The number of rotatable bonds is 9. The Bertz CT molecular complexity index is 2150. The first-order chi connectivity index (χ1) is 31.0. The van der Waals surface area contributed by atoms with Crippen molar-refractivity contribution in [2.45, 2.75) is 116 Å². The first-order valence-electron chi connectivity index (χ1n) is 22.2. The number of aliphatic hydroxyl groups is 2. The second-order valence-electron chi connectivity index (χ2n) is 17.1. The van der Waals surface area contributed by atoms with Crippen LogP contribution >= 0.6 is 0 Å². The van der Waals surface area contributed by atoms with Gasteiger partial charge in [-0.3, -0.25) is 34.0 Å². The van der Waals surface area contributed by atoms with E-state index in [1.54, 1.807) is 82.5 Å². The molecule has 1 unspecified atom stereocenters. The SMILES string of the molecule is CC(=O)CC[C@H]1C(=O)N[C@@H](C(C)C)C(=O)N[C@@H](Cc2cccc(O)c2)C(=O)N2CCCC(N2)C(=O)O[C@H](/C(C)=C/C=C/C(=O)N2CCc3ncccc3O2)C/C=C/C=C/[C@H](O)[C@H](C)[C@H]1O. The number of hydrazine groups is 1. The second kappa shape index (κ2) is 23.7. The van der Waals surface area contributed by atoms with Gasteiger partial charge in [-0.2, -0.15) is 5.06 Å². The Morgan fingerprint density at radius 1 is 1.02 bits per heavy atom. The number of ketones is 1. The molecule has 65 heavy (non-hydrogen) atoms. The largest absolute Gasteiger partial charge is 0.508 e. The quantitative estimate of drug-likeness (QED) is 0.121. The number of allylic oxidation sites excluding steroid dienone is 4. The third-order valence-corrected chi connectivity index (χ3v) is 11.7. The number of Topliss-reactive ketones (excluding diaryl/α,β-unsaturated/α-hetero) is 1. The summed E-state index contributed by atoms with van der Waals surface area (Å²) in [4.78, 5) is 91.6. The van der Waals surface area contributed by atoms with Gasteiger partial charge < -0.3 is 40.3 Å². The van der Waals surface area contributed by atoms with E-state index in [1.807, 2.05) is 0 Å². The number of benzene rings is 1. The van der Waals surface area contributed by atoms with Gasteiger partial charge in [0.05, 0.1) is 30.4 Å². The normalized spacial score (nSPS) is 27.6. The van der Waals surface area contributed by atoms with Crippen molar-refractivity contribution in [1.29, 1.82) is 0 Å². The van der Waals surface area contributed by atoms with E-state index in [2.05, 4.69) is 21.0 Å². The molecule has 3 aliphatic heterocycles.